The highest BCUT2D eigenvalue weighted by Crippen LogP contribution is 2.27. The molecule has 0 radical (unpaired) electrons. The third-order valence-electron chi connectivity index (χ3n) is 5.09. The van der Waals surface area contributed by atoms with E-state index in [1.807, 2.05) is 56.3 Å². The van der Waals surface area contributed by atoms with Crippen molar-refractivity contribution in [3.63, 3.8) is 0 Å². The van der Waals surface area contributed by atoms with Crippen LogP contribution >= 0.6 is 11.3 Å². The molecule has 0 saturated heterocycles. The summed E-state index contributed by atoms with van der Waals surface area (Å²) in [6, 6.07) is 13.2. The molecule has 0 fully saturated rings. The SMILES string of the molecule is Cc1ccnc2cc(C(C)Nc3ncnc4scnc34)n(-c3ccccc3)c(=O)c12. The number of anilines is 1. The number of hydrogen-bond donors (Lipinski definition) is 1. The van der Waals surface area contributed by atoms with Crippen LogP contribution in [0.5, 0.6) is 0 Å². The molecule has 0 bridgehead atoms. The van der Waals surface area contributed by atoms with Crippen LogP contribution in [-0.2, 0) is 0 Å². The molecule has 0 spiro atoms. The first-order valence-electron chi connectivity index (χ1n) is 9.51. The molecule has 0 amide bonds. The summed E-state index contributed by atoms with van der Waals surface area (Å²) < 4.78 is 1.74. The van der Waals surface area contributed by atoms with Crippen molar-refractivity contribution >= 4 is 38.4 Å². The van der Waals surface area contributed by atoms with Gasteiger partial charge in [-0.15, -0.1) is 11.3 Å². The van der Waals surface area contributed by atoms with E-state index in [4.69, 9.17) is 0 Å². The molecule has 1 unspecified atom stereocenters. The number of para-hydroxylation sites is 1. The molecule has 5 rings (SSSR count). The predicted octanol–water partition coefficient (Wildman–Crippen LogP) is 4.27. The van der Waals surface area contributed by atoms with Gasteiger partial charge in [0, 0.05) is 11.9 Å². The maximum atomic E-state index is 13.6. The molecular formula is C22H18N6OS. The first-order chi connectivity index (χ1) is 14.6. The molecule has 8 heteroatoms. The van der Waals surface area contributed by atoms with Crippen LogP contribution < -0.4 is 10.9 Å². The van der Waals surface area contributed by atoms with Gasteiger partial charge >= 0.3 is 0 Å². The van der Waals surface area contributed by atoms with Gasteiger partial charge in [-0.1, -0.05) is 18.2 Å². The van der Waals surface area contributed by atoms with E-state index >= 15 is 0 Å². The molecule has 4 heterocycles. The first kappa shape index (κ1) is 18.4. The minimum absolute atomic E-state index is 0.0885. The van der Waals surface area contributed by atoms with Gasteiger partial charge < -0.3 is 5.32 Å². The Balaban J connectivity index is 1.71. The van der Waals surface area contributed by atoms with Gasteiger partial charge in [0.15, 0.2) is 5.82 Å². The fourth-order valence-electron chi connectivity index (χ4n) is 3.64. The van der Waals surface area contributed by atoms with Crippen LogP contribution in [-0.4, -0.2) is 24.5 Å². The van der Waals surface area contributed by atoms with Crippen LogP contribution in [0.25, 0.3) is 26.9 Å². The summed E-state index contributed by atoms with van der Waals surface area (Å²) in [4.78, 5) is 31.8. The standard InChI is InChI=1S/C22H18N6OS/c1-13-8-9-23-16-10-17(28(22(29)18(13)16)15-6-4-3-5-7-15)14(2)27-20-19-21(25-11-24-20)30-12-26-19/h3-12,14H,1-2H3,(H,24,25,27). The van der Waals surface area contributed by atoms with Crippen LogP contribution in [0.1, 0.15) is 24.2 Å². The van der Waals surface area contributed by atoms with E-state index in [2.05, 4.69) is 25.3 Å². The number of benzene rings is 1. The fourth-order valence-corrected chi connectivity index (χ4v) is 4.27. The topological polar surface area (TPSA) is 85.6 Å². The second-order valence-corrected chi connectivity index (χ2v) is 7.86. The highest BCUT2D eigenvalue weighted by atomic mass is 32.1. The summed E-state index contributed by atoms with van der Waals surface area (Å²) in [6.45, 7) is 3.93. The molecule has 1 N–H and O–H groups in total. The smallest absolute Gasteiger partial charge is 0.265 e. The first-order valence-corrected chi connectivity index (χ1v) is 10.4. The highest BCUT2D eigenvalue weighted by Gasteiger charge is 2.19. The van der Waals surface area contributed by atoms with E-state index in [0.717, 1.165) is 27.3 Å². The lowest BCUT2D eigenvalue weighted by Gasteiger charge is -2.21. The Hall–Kier alpha value is -3.65. The Morgan fingerprint density at radius 1 is 1.07 bits per heavy atom. The molecule has 148 valence electrons. The van der Waals surface area contributed by atoms with Crippen molar-refractivity contribution in [2.75, 3.05) is 5.32 Å². The zero-order valence-electron chi connectivity index (χ0n) is 16.4. The van der Waals surface area contributed by atoms with E-state index in [1.165, 1.54) is 17.7 Å². The number of nitrogens with one attached hydrogen (secondary N) is 1. The van der Waals surface area contributed by atoms with E-state index in [0.29, 0.717) is 16.7 Å². The van der Waals surface area contributed by atoms with Crippen LogP contribution in [0.15, 0.2) is 65.3 Å². The van der Waals surface area contributed by atoms with Crippen molar-refractivity contribution in [1.82, 2.24) is 24.5 Å². The average molecular weight is 414 g/mol. The van der Waals surface area contributed by atoms with E-state index in [1.54, 1.807) is 16.3 Å². The van der Waals surface area contributed by atoms with Gasteiger partial charge in [-0.2, -0.15) is 0 Å². The van der Waals surface area contributed by atoms with Crippen LogP contribution in [0.2, 0.25) is 0 Å². The van der Waals surface area contributed by atoms with E-state index < -0.39 is 0 Å². The number of aromatic nitrogens is 5. The lowest BCUT2D eigenvalue weighted by atomic mass is 10.1. The van der Waals surface area contributed by atoms with Gasteiger partial charge in [0.2, 0.25) is 0 Å². The number of nitrogens with zero attached hydrogens (tertiary/aromatic N) is 5. The number of rotatable bonds is 4. The molecule has 30 heavy (non-hydrogen) atoms. The Kier molecular flexibility index (Phi) is 4.48. The number of pyridine rings is 2. The number of thiazole rings is 1. The molecule has 5 aromatic rings. The van der Waals surface area contributed by atoms with Gasteiger partial charge in [0.1, 0.15) is 16.7 Å². The summed E-state index contributed by atoms with van der Waals surface area (Å²) in [5.41, 5.74) is 5.56. The van der Waals surface area contributed by atoms with Gasteiger partial charge in [-0.3, -0.25) is 14.3 Å². The molecule has 4 aromatic heterocycles. The molecule has 0 aliphatic rings. The molecule has 7 nitrogen and oxygen atoms in total. The summed E-state index contributed by atoms with van der Waals surface area (Å²) >= 11 is 1.46. The Morgan fingerprint density at radius 2 is 1.90 bits per heavy atom. The van der Waals surface area contributed by atoms with Gasteiger partial charge in [0.25, 0.3) is 5.56 Å². The predicted molar refractivity (Wildman–Crippen MR) is 119 cm³/mol. The molecule has 1 aromatic carbocycles. The fraction of sp³-hybridized carbons (Fsp3) is 0.136. The lowest BCUT2D eigenvalue weighted by molar-refractivity contribution is 0.773. The maximum absolute atomic E-state index is 13.6. The van der Waals surface area contributed by atoms with Crippen LogP contribution in [0, 0.1) is 6.92 Å². The average Bonchev–Trinajstić information content (AvgIpc) is 3.24. The molecular weight excluding hydrogens is 396 g/mol. The van der Waals surface area contributed by atoms with Crippen molar-refractivity contribution in [3.8, 4) is 5.69 Å². The summed E-state index contributed by atoms with van der Waals surface area (Å²) in [7, 11) is 0. The van der Waals surface area contributed by atoms with Crippen molar-refractivity contribution < 1.29 is 0 Å². The van der Waals surface area contributed by atoms with Crippen LogP contribution in [0.3, 0.4) is 0 Å². The zero-order valence-corrected chi connectivity index (χ0v) is 17.2. The van der Waals surface area contributed by atoms with E-state index in [9.17, 15) is 4.79 Å². The number of hydrogen-bond acceptors (Lipinski definition) is 7. The largest absolute Gasteiger partial charge is 0.360 e. The van der Waals surface area contributed by atoms with Crippen molar-refractivity contribution in [1.29, 1.82) is 0 Å². The second-order valence-electron chi connectivity index (χ2n) is 7.03. The number of aryl methyl sites for hydroxylation is 1. The third kappa shape index (κ3) is 3.02. The summed E-state index contributed by atoms with van der Waals surface area (Å²) in [5, 5.41) is 4.04. The molecule has 0 aliphatic heterocycles. The Bertz CT molecular complexity index is 1430. The Labute approximate surface area is 176 Å². The van der Waals surface area contributed by atoms with Gasteiger partial charge in [-0.25, -0.2) is 15.0 Å². The lowest BCUT2D eigenvalue weighted by Crippen LogP contribution is -2.26. The van der Waals surface area contributed by atoms with Gasteiger partial charge in [0.05, 0.1) is 28.1 Å². The molecule has 0 saturated carbocycles. The van der Waals surface area contributed by atoms with Gasteiger partial charge in [-0.05, 0) is 43.7 Å². The zero-order chi connectivity index (χ0) is 20.7. The highest BCUT2D eigenvalue weighted by molar-refractivity contribution is 7.16. The Morgan fingerprint density at radius 3 is 2.73 bits per heavy atom. The van der Waals surface area contributed by atoms with Crippen LogP contribution in [0.4, 0.5) is 5.82 Å². The summed E-state index contributed by atoms with van der Waals surface area (Å²) in [5.74, 6) is 0.637. The number of fused-ring (bicyclic) bond motifs is 2. The van der Waals surface area contributed by atoms with E-state index in [-0.39, 0.29) is 11.6 Å². The molecule has 0 aliphatic carbocycles. The minimum Gasteiger partial charge on any atom is -0.360 e. The minimum atomic E-state index is -0.232. The second kappa shape index (κ2) is 7.31. The quantitative estimate of drug-likeness (QED) is 0.473. The normalized spacial score (nSPS) is 12.3. The molecule has 1 atom stereocenters. The monoisotopic (exact) mass is 414 g/mol. The van der Waals surface area contributed by atoms with Crippen molar-refractivity contribution in [2.45, 2.75) is 19.9 Å². The third-order valence-corrected chi connectivity index (χ3v) is 5.83. The van der Waals surface area contributed by atoms with Crippen molar-refractivity contribution in [2.24, 2.45) is 0 Å². The summed E-state index contributed by atoms with van der Waals surface area (Å²) in [6.07, 6.45) is 3.25. The maximum Gasteiger partial charge on any atom is 0.265 e. The van der Waals surface area contributed by atoms with Crippen molar-refractivity contribution in [3.05, 3.63) is 82.1 Å².